The van der Waals surface area contributed by atoms with Crippen LogP contribution in [0.4, 0.5) is 5.69 Å². The highest BCUT2D eigenvalue weighted by Crippen LogP contribution is 2.27. The fourth-order valence-electron chi connectivity index (χ4n) is 3.84. The summed E-state index contributed by atoms with van der Waals surface area (Å²) >= 11 is 6.16. The van der Waals surface area contributed by atoms with Crippen LogP contribution in [0.3, 0.4) is 0 Å². The van der Waals surface area contributed by atoms with Gasteiger partial charge in [0.05, 0.1) is 5.56 Å². The monoisotopic (exact) mass is 491 g/mol. The highest BCUT2D eigenvalue weighted by atomic mass is 35.5. The molecule has 178 valence electrons. The predicted octanol–water partition coefficient (Wildman–Crippen LogP) is 3.19. The third-order valence-corrected chi connectivity index (χ3v) is 7.67. The Morgan fingerprint density at radius 3 is 2.39 bits per heavy atom. The van der Waals surface area contributed by atoms with Crippen LogP contribution in [-0.4, -0.2) is 72.6 Å². The largest absolute Gasteiger partial charge is 0.369 e. The van der Waals surface area contributed by atoms with Crippen molar-refractivity contribution >= 4 is 33.2 Å². The van der Waals surface area contributed by atoms with E-state index in [9.17, 15) is 13.2 Å². The average Bonchev–Trinajstić information content (AvgIpc) is 3.26. The van der Waals surface area contributed by atoms with Crippen LogP contribution in [0, 0.1) is 6.92 Å². The van der Waals surface area contributed by atoms with Gasteiger partial charge in [-0.3, -0.25) is 9.48 Å². The standard InChI is InChI=1S/C23H30ClN5O3S/c1-5-10-27(11-6-2)23(30)20-17-28(7-3)25-22(20)33(31,32)29-14-12-26(13-15-29)21-16-19(24)9-8-18(21)4/h5-6,8-9,16-17H,1-2,7,10-15H2,3-4H3. The summed E-state index contributed by atoms with van der Waals surface area (Å²) < 4.78 is 30.0. The van der Waals surface area contributed by atoms with Gasteiger partial charge in [-0.15, -0.1) is 13.2 Å². The molecule has 0 unspecified atom stereocenters. The molecule has 33 heavy (non-hydrogen) atoms. The van der Waals surface area contributed by atoms with Gasteiger partial charge in [-0.1, -0.05) is 29.8 Å². The van der Waals surface area contributed by atoms with Crippen molar-refractivity contribution in [2.75, 3.05) is 44.2 Å². The molecule has 2 heterocycles. The zero-order valence-electron chi connectivity index (χ0n) is 19.1. The Morgan fingerprint density at radius 2 is 1.82 bits per heavy atom. The number of sulfonamides is 1. The molecule has 3 rings (SSSR count). The van der Waals surface area contributed by atoms with E-state index in [1.54, 1.807) is 12.2 Å². The van der Waals surface area contributed by atoms with Gasteiger partial charge in [0.1, 0.15) is 0 Å². The Kier molecular flexibility index (Phi) is 7.99. The van der Waals surface area contributed by atoms with Gasteiger partial charge in [0.15, 0.2) is 0 Å². The highest BCUT2D eigenvalue weighted by Gasteiger charge is 2.35. The summed E-state index contributed by atoms with van der Waals surface area (Å²) in [5.41, 5.74) is 2.14. The Labute approximate surface area is 200 Å². The zero-order chi connectivity index (χ0) is 24.2. The topological polar surface area (TPSA) is 78.8 Å². The maximum absolute atomic E-state index is 13.5. The molecule has 2 aromatic rings. The van der Waals surface area contributed by atoms with Crippen molar-refractivity contribution in [1.82, 2.24) is 19.0 Å². The molecule has 0 N–H and O–H groups in total. The normalized spacial score (nSPS) is 14.8. The van der Waals surface area contributed by atoms with Crippen LogP contribution in [0.25, 0.3) is 0 Å². The molecule has 1 saturated heterocycles. The number of anilines is 1. The van der Waals surface area contributed by atoms with Gasteiger partial charge in [-0.2, -0.15) is 9.40 Å². The van der Waals surface area contributed by atoms with Crippen LogP contribution in [0.2, 0.25) is 5.02 Å². The molecule has 0 aliphatic carbocycles. The van der Waals surface area contributed by atoms with E-state index in [2.05, 4.69) is 23.2 Å². The second-order valence-electron chi connectivity index (χ2n) is 7.81. The first-order valence-electron chi connectivity index (χ1n) is 10.8. The van der Waals surface area contributed by atoms with Crippen LogP contribution in [-0.2, 0) is 16.6 Å². The molecule has 0 atom stereocenters. The van der Waals surface area contributed by atoms with Crippen molar-refractivity contribution in [3.8, 4) is 0 Å². The lowest BCUT2D eigenvalue weighted by Gasteiger charge is -2.36. The quantitative estimate of drug-likeness (QED) is 0.503. The summed E-state index contributed by atoms with van der Waals surface area (Å²) in [5, 5.41) is 4.69. The summed E-state index contributed by atoms with van der Waals surface area (Å²) in [4.78, 5) is 16.8. The number of nitrogens with zero attached hydrogens (tertiary/aromatic N) is 5. The minimum absolute atomic E-state index is 0.0636. The first kappa shape index (κ1) is 25.0. The van der Waals surface area contributed by atoms with E-state index in [-0.39, 0.29) is 36.8 Å². The van der Waals surface area contributed by atoms with E-state index in [4.69, 9.17) is 11.6 Å². The number of piperazine rings is 1. The van der Waals surface area contributed by atoms with Crippen LogP contribution in [0.1, 0.15) is 22.8 Å². The highest BCUT2D eigenvalue weighted by molar-refractivity contribution is 7.89. The molecule has 0 radical (unpaired) electrons. The number of benzene rings is 1. The molecule has 1 fully saturated rings. The van der Waals surface area contributed by atoms with Gasteiger partial charge in [-0.05, 0) is 31.5 Å². The Bertz CT molecular complexity index is 1130. The minimum atomic E-state index is -3.96. The van der Waals surface area contributed by atoms with Crippen LogP contribution >= 0.6 is 11.6 Å². The smallest absolute Gasteiger partial charge is 0.263 e. The summed E-state index contributed by atoms with van der Waals surface area (Å²) in [6.45, 7) is 13.8. The molecule has 1 aliphatic rings. The van der Waals surface area contributed by atoms with Gasteiger partial charge in [0, 0.05) is 62.7 Å². The van der Waals surface area contributed by atoms with Gasteiger partial charge < -0.3 is 9.80 Å². The molecule has 1 aromatic carbocycles. The first-order chi connectivity index (χ1) is 15.7. The van der Waals surface area contributed by atoms with Crippen molar-refractivity contribution in [3.63, 3.8) is 0 Å². The number of hydrogen-bond donors (Lipinski definition) is 0. The third kappa shape index (κ3) is 5.31. The Hall–Kier alpha value is -2.62. The van der Waals surface area contributed by atoms with Gasteiger partial charge in [0.2, 0.25) is 5.03 Å². The fraction of sp³-hybridized carbons (Fsp3) is 0.391. The summed E-state index contributed by atoms with van der Waals surface area (Å²) in [5.74, 6) is -0.415. The SMILES string of the molecule is C=CCN(CC=C)C(=O)c1cn(CC)nc1S(=O)(=O)N1CCN(c2cc(Cl)ccc2C)CC1. The fourth-order valence-corrected chi connectivity index (χ4v) is 5.52. The third-order valence-electron chi connectivity index (χ3n) is 5.60. The van der Waals surface area contributed by atoms with Crippen molar-refractivity contribution in [3.05, 3.63) is 65.9 Å². The van der Waals surface area contributed by atoms with Crippen molar-refractivity contribution in [1.29, 1.82) is 0 Å². The van der Waals surface area contributed by atoms with Crippen LogP contribution in [0.15, 0.2) is 54.7 Å². The summed E-state index contributed by atoms with van der Waals surface area (Å²) in [7, 11) is -3.96. The molecular formula is C23H30ClN5O3S. The molecular weight excluding hydrogens is 462 g/mol. The van der Waals surface area contributed by atoms with E-state index in [1.807, 2.05) is 32.0 Å². The maximum atomic E-state index is 13.5. The molecule has 8 nitrogen and oxygen atoms in total. The second-order valence-corrected chi connectivity index (χ2v) is 10.1. The van der Waals surface area contributed by atoms with Gasteiger partial charge in [-0.25, -0.2) is 8.42 Å². The number of rotatable bonds is 9. The van der Waals surface area contributed by atoms with Crippen molar-refractivity contribution < 1.29 is 13.2 Å². The van der Waals surface area contributed by atoms with E-state index in [0.29, 0.717) is 24.7 Å². The van der Waals surface area contributed by atoms with Gasteiger partial charge in [0.25, 0.3) is 15.9 Å². The zero-order valence-corrected chi connectivity index (χ0v) is 20.6. The number of aryl methyl sites for hydroxylation is 2. The lowest BCUT2D eigenvalue weighted by atomic mass is 10.1. The molecule has 0 saturated carbocycles. The lowest BCUT2D eigenvalue weighted by Crippen LogP contribution is -2.49. The molecule has 1 aliphatic heterocycles. The van der Waals surface area contributed by atoms with E-state index in [1.165, 1.54) is 20.1 Å². The number of aromatic nitrogens is 2. The Balaban J connectivity index is 1.86. The van der Waals surface area contributed by atoms with Crippen LogP contribution in [0.5, 0.6) is 0 Å². The lowest BCUT2D eigenvalue weighted by molar-refractivity contribution is 0.0786. The molecule has 1 amide bonds. The number of halogens is 1. The van der Waals surface area contributed by atoms with E-state index < -0.39 is 15.9 Å². The van der Waals surface area contributed by atoms with E-state index in [0.717, 1.165) is 11.3 Å². The number of carbonyl (C=O) groups excluding carboxylic acids is 1. The molecule has 10 heteroatoms. The van der Waals surface area contributed by atoms with Crippen molar-refractivity contribution in [2.45, 2.75) is 25.4 Å². The minimum Gasteiger partial charge on any atom is -0.369 e. The summed E-state index contributed by atoms with van der Waals surface area (Å²) in [6, 6.07) is 5.69. The maximum Gasteiger partial charge on any atom is 0.263 e. The van der Waals surface area contributed by atoms with E-state index >= 15 is 0 Å². The number of amides is 1. The second kappa shape index (κ2) is 10.5. The number of carbonyl (C=O) groups is 1. The predicted molar refractivity (Wildman–Crippen MR) is 131 cm³/mol. The van der Waals surface area contributed by atoms with Gasteiger partial charge >= 0.3 is 0 Å². The van der Waals surface area contributed by atoms with Crippen LogP contribution < -0.4 is 4.90 Å². The average molecular weight is 492 g/mol. The summed E-state index contributed by atoms with van der Waals surface area (Å²) in [6.07, 6.45) is 4.69. The Morgan fingerprint density at radius 1 is 1.18 bits per heavy atom. The number of hydrogen-bond acceptors (Lipinski definition) is 5. The molecule has 0 spiro atoms. The molecule has 1 aromatic heterocycles. The molecule has 0 bridgehead atoms. The van der Waals surface area contributed by atoms with Crippen molar-refractivity contribution in [2.24, 2.45) is 0 Å². The first-order valence-corrected chi connectivity index (χ1v) is 12.6.